The van der Waals surface area contributed by atoms with Crippen LogP contribution in [0.3, 0.4) is 0 Å². The largest absolute Gasteiger partial charge is 0.322 e. The summed E-state index contributed by atoms with van der Waals surface area (Å²) in [7, 11) is -3.61. The highest BCUT2D eigenvalue weighted by Crippen LogP contribution is 2.28. The molecule has 0 heterocycles. The summed E-state index contributed by atoms with van der Waals surface area (Å²) < 4.78 is 29.0. The minimum atomic E-state index is -3.61. The van der Waals surface area contributed by atoms with Crippen LogP contribution in [0.25, 0.3) is 0 Å². The van der Waals surface area contributed by atoms with Gasteiger partial charge in [-0.2, -0.15) is 0 Å². The predicted molar refractivity (Wildman–Crippen MR) is 119 cm³/mol. The van der Waals surface area contributed by atoms with E-state index in [9.17, 15) is 8.42 Å². The maximum atomic E-state index is 13.1. The minimum Gasteiger partial charge on any atom is -0.322 e. The third kappa shape index (κ3) is 5.32. The molecule has 3 aromatic rings. The Bertz CT molecular complexity index is 1040. The van der Waals surface area contributed by atoms with Crippen molar-refractivity contribution in [3.63, 3.8) is 0 Å². The van der Waals surface area contributed by atoms with E-state index in [1.54, 1.807) is 0 Å². The molecule has 2 unspecified atom stereocenters. The Morgan fingerprint density at radius 2 is 1.31 bits per heavy atom. The van der Waals surface area contributed by atoms with Crippen LogP contribution in [0.4, 0.5) is 0 Å². The number of benzene rings is 3. The molecule has 0 radical (unpaired) electrons. The smallest absolute Gasteiger partial charge is 0.216 e. The molecule has 0 bridgehead atoms. The fourth-order valence-electron chi connectivity index (χ4n) is 3.54. The summed E-state index contributed by atoms with van der Waals surface area (Å²) in [6, 6.07) is 21.9. The van der Waals surface area contributed by atoms with Gasteiger partial charge in [-0.05, 0) is 54.2 Å². The summed E-state index contributed by atoms with van der Waals surface area (Å²) in [4.78, 5) is 0. The zero-order chi connectivity index (χ0) is 21.0. The Morgan fingerprint density at radius 3 is 1.83 bits per heavy atom. The van der Waals surface area contributed by atoms with Gasteiger partial charge in [-0.1, -0.05) is 72.8 Å². The molecule has 4 nitrogen and oxygen atoms in total. The first-order valence-electron chi connectivity index (χ1n) is 9.69. The third-order valence-corrected chi connectivity index (χ3v) is 6.68. The number of nitrogens with one attached hydrogen (secondary N) is 1. The lowest BCUT2D eigenvalue weighted by Gasteiger charge is -2.26. The van der Waals surface area contributed by atoms with Crippen LogP contribution in [0.5, 0.6) is 0 Å². The molecule has 0 saturated carbocycles. The Morgan fingerprint density at radius 1 is 0.828 bits per heavy atom. The third-order valence-electron chi connectivity index (χ3n) is 5.35. The van der Waals surface area contributed by atoms with Gasteiger partial charge in [-0.3, -0.25) is 0 Å². The predicted octanol–water partition coefficient (Wildman–Crippen LogP) is 4.47. The lowest BCUT2D eigenvalue weighted by molar-refractivity contribution is 0.503. The normalized spacial score (nSPS) is 13.8. The van der Waals surface area contributed by atoms with Crippen molar-refractivity contribution in [3.05, 3.63) is 106 Å². The van der Waals surface area contributed by atoms with Gasteiger partial charge in [0.25, 0.3) is 0 Å². The molecule has 5 heteroatoms. The number of nitrogens with two attached hydrogens (primary N) is 1. The molecular formula is C24H28N2O2S. The molecule has 0 aliphatic heterocycles. The van der Waals surface area contributed by atoms with E-state index in [1.807, 2.05) is 93.6 Å². The van der Waals surface area contributed by atoms with Gasteiger partial charge >= 0.3 is 0 Å². The number of rotatable bonds is 7. The van der Waals surface area contributed by atoms with E-state index in [2.05, 4.69) is 4.72 Å². The summed E-state index contributed by atoms with van der Waals surface area (Å²) in [5, 5.41) is 0. The van der Waals surface area contributed by atoms with Gasteiger partial charge < -0.3 is 5.73 Å². The second-order valence-corrected chi connectivity index (χ2v) is 9.31. The Labute approximate surface area is 173 Å². The minimum absolute atomic E-state index is 0.0835. The average molecular weight is 409 g/mol. The maximum absolute atomic E-state index is 13.1. The summed E-state index contributed by atoms with van der Waals surface area (Å²) in [6.45, 7) is 6.06. The lowest BCUT2D eigenvalue weighted by atomic mass is 9.95. The molecule has 0 aliphatic carbocycles. The SMILES string of the molecule is Cc1cc(CS(=O)(=O)NC(c2ccccc2)C(N)c2ccccc2)cc(C)c1C. The second-order valence-electron chi connectivity index (χ2n) is 7.56. The molecule has 0 spiro atoms. The Balaban J connectivity index is 1.90. The fraction of sp³-hybridized carbons (Fsp3) is 0.250. The Hall–Kier alpha value is -2.47. The zero-order valence-electron chi connectivity index (χ0n) is 17.1. The molecule has 0 aromatic heterocycles. The number of hydrogen-bond donors (Lipinski definition) is 2. The summed E-state index contributed by atoms with van der Waals surface area (Å²) in [5.74, 6) is -0.0835. The quantitative estimate of drug-likeness (QED) is 0.606. The van der Waals surface area contributed by atoms with Crippen molar-refractivity contribution in [2.45, 2.75) is 38.6 Å². The van der Waals surface area contributed by atoms with Crippen LogP contribution in [-0.4, -0.2) is 8.42 Å². The molecule has 3 N–H and O–H groups in total. The van der Waals surface area contributed by atoms with Crippen molar-refractivity contribution in [3.8, 4) is 0 Å². The van der Waals surface area contributed by atoms with Gasteiger partial charge in [0.15, 0.2) is 0 Å². The van der Waals surface area contributed by atoms with Crippen molar-refractivity contribution in [1.29, 1.82) is 0 Å². The van der Waals surface area contributed by atoms with Crippen molar-refractivity contribution < 1.29 is 8.42 Å². The van der Waals surface area contributed by atoms with Gasteiger partial charge in [-0.15, -0.1) is 0 Å². The van der Waals surface area contributed by atoms with Crippen LogP contribution in [-0.2, 0) is 15.8 Å². The first-order chi connectivity index (χ1) is 13.8. The second kappa shape index (κ2) is 8.91. The van der Waals surface area contributed by atoms with Crippen molar-refractivity contribution in [2.75, 3.05) is 0 Å². The standard InChI is InChI=1S/C24H28N2O2S/c1-17-14-20(15-18(2)19(17)3)16-29(27,28)26-24(22-12-8-5-9-13-22)23(25)21-10-6-4-7-11-21/h4-15,23-24,26H,16,25H2,1-3H3. The lowest BCUT2D eigenvalue weighted by Crippen LogP contribution is -2.36. The molecular weight excluding hydrogens is 380 g/mol. The molecule has 0 saturated heterocycles. The van der Waals surface area contributed by atoms with E-state index in [1.165, 1.54) is 5.56 Å². The number of aryl methyl sites for hydroxylation is 2. The fourth-order valence-corrected chi connectivity index (χ4v) is 4.90. The number of hydrogen-bond acceptors (Lipinski definition) is 3. The topological polar surface area (TPSA) is 72.2 Å². The zero-order valence-corrected chi connectivity index (χ0v) is 17.9. The molecule has 0 fully saturated rings. The van der Waals surface area contributed by atoms with E-state index in [0.717, 1.165) is 27.8 Å². The van der Waals surface area contributed by atoms with Gasteiger partial charge in [0.2, 0.25) is 10.0 Å². The van der Waals surface area contributed by atoms with E-state index in [4.69, 9.17) is 5.73 Å². The first-order valence-corrected chi connectivity index (χ1v) is 11.3. The highest BCUT2D eigenvalue weighted by atomic mass is 32.2. The van der Waals surface area contributed by atoms with Crippen molar-refractivity contribution >= 4 is 10.0 Å². The van der Waals surface area contributed by atoms with E-state index < -0.39 is 22.1 Å². The monoisotopic (exact) mass is 408 g/mol. The van der Waals surface area contributed by atoms with Crippen molar-refractivity contribution in [2.24, 2.45) is 5.73 Å². The van der Waals surface area contributed by atoms with Gasteiger partial charge in [-0.25, -0.2) is 13.1 Å². The Kier molecular flexibility index (Phi) is 6.52. The molecule has 3 aromatic carbocycles. The molecule has 2 atom stereocenters. The van der Waals surface area contributed by atoms with Crippen LogP contribution in [0.1, 0.15) is 45.5 Å². The molecule has 152 valence electrons. The number of sulfonamides is 1. The van der Waals surface area contributed by atoms with Crippen LogP contribution >= 0.6 is 0 Å². The summed E-state index contributed by atoms with van der Waals surface area (Å²) in [5.41, 5.74) is 12.4. The van der Waals surface area contributed by atoms with E-state index in [-0.39, 0.29) is 5.75 Å². The van der Waals surface area contributed by atoms with Gasteiger partial charge in [0, 0.05) is 0 Å². The van der Waals surface area contributed by atoms with Crippen molar-refractivity contribution in [1.82, 2.24) is 4.72 Å². The van der Waals surface area contributed by atoms with Crippen LogP contribution in [0.2, 0.25) is 0 Å². The first kappa shape index (κ1) is 21.2. The van der Waals surface area contributed by atoms with Gasteiger partial charge in [0.1, 0.15) is 0 Å². The van der Waals surface area contributed by atoms with E-state index in [0.29, 0.717) is 0 Å². The highest BCUT2D eigenvalue weighted by Gasteiger charge is 2.26. The maximum Gasteiger partial charge on any atom is 0.216 e. The summed E-state index contributed by atoms with van der Waals surface area (Å²) in [6.07, 6.45) is 0. The van der Waals surface area contributed by atoms with E-state index >= 15 is 0 Å². The molecule has 0 aliphatic rings. The molecule has 29 heavy (non-hydrogen) atoms. The molecule has 3 rings (SSSR count). The van der Waals surface area contributed by atoms with Crippen LogP contribution in [0.15, 0.2) is 72.8 Å². The van der Waals surface area contributed by atoms with Crippen LogP contribution in [0, 0.1) is 20.8 Å². The van der Waals surface area contributed by atoms with Gasteiger partial charge in [0.05, 0.1) is 17.8 Å². The van der Waals surface area contributed by atoms with Crippen LogP contribution < -0.4 is 10.5 Å². The molecule has 0 amide bonds. The highest BCUT2D eigenvalue weighted by molar-refractivity contribution is 7.88. The average Bonchev–Trinajstić information content (AvgIpc) is 2.71. The summed E-state index contributed by atoms with van der Waals surface area (Å²) >= 11 is 0.